The first-order valence-corrected chi connectivity index (χ1v) is 9.85. The zero-order valence-electron chi connectivity index (χ0n) is 18.8. The lowest BCUT2D eigenvalue weighted by atomic mass is 10.1. The van der Waals surface area contributed by atoms with Gasteiger partial charge in [-0.05, 0) is 32.0 Å². The Bertz CT molecular complexity index is 1310. The van der Waals surface area contributed by atoms with Gasteiger partial charge in [-0.1, -0.05) is 0 Å². The van der Waals surface area contributed by atoms with Gasteiger partial charge in [0.2, 0.25) is 0 Å². The van der Waals surface area contributed by atoms with Crippen LogP contribution in [-0.4, -0.2) is 40.8 Å². The highest BCUT2D eigenvalue weighted by molar-refractivity contribution is 5.98. The second kappa shape index (κ2) is 9.81. The molecule has 12 nitrogen and oxygen atoms in total. The van der Waals surface area contributed by atoms with Crippen LogP contribution < -0.4 is 14.9 Å². The van der Waals surface area contributed by atoms with E-state index in [1.54, 1.807) is 6.07 Å². The minimum Gasteiger partial charge on any atom is -0.496 e. The molecular weight excluding hydrogens is 446 g/mol. The Balaban J connectivity index is 1.88. The Morgan fingerprint density at radius 3 is 2.21 bits per heavy atom. The summed E-state index contributed by atoms with van der Waals surface area (Å²) < 4.78 is 12.3. The molecule has 0 fully saturated rings. The van der Waals surface area contributed by atoms with Crippen molar-refractivity contribution in [2.24, 2.45) is 5.10 Å². The van der Waals surface area contributed by atoms with Crippen molar-refractivity contribution < 1.29 is 24.1 Å². The molecule has 0 unspecified atom stereocenters. The molecule has 0 saturated heterocycles. The van der Waals surface area contributed by atoms with E-state index in [9.17, 15) is 25.0 Å². The van der Waals surface area contributed by atoms with Crippen molar-refractivity contribution in [2.75, 3.05) is 14.2 Å². The summed E-state index contributed by atoms with van der Waals surface area (Å²) in [6.45, 7) is 3.67. The molecule has 34 heavy (non-hydrogen) atoms. The molecule has 3 aromatic rings. The number of aromatic nitrogens is 1. The number of nitro benzene ring substituents is 2. The number of carbonyl (C=O) groups excluding carboxylic acids is 1. The summed E-state index contributed by atoms with van der Waals surface area (Å²) in [7, 11) is 2.78. The highest BCUT2D eigenvalue weighted by Crippen LogP contribution is 2.31. The Morgan fingerprint density at radius 1 is 0.971 bits per heavy atom. The molecule has 0 aliphatic rings. The zero-order valence-corrected chi connectivity index (χ0v) is 18.8. The number of aryl methyl sites for hydroxylation is 1. The van der Waals surface area contributed by atoms with E-state index >= 15 is 0 Å². The van der Waals surface area contributed by atoms with Gasteiger partial charge in [0, 0.05) is 35.2 Å². The van der Waals surface area contributed by atoms with Crippen LogP contribution in [0.4, 0.5) is 11.4 Å². The lowest BCUT2D eigenvalue weighted by molar-refractivity contribution is -0.385. The minimum absolute atomic E-state index is 0.0325. The van der Waals surface area contributed by atoms with Gasteiger partial charge in [0.25, 0.3) is 17.3 Å². The molecule has 176 valence electrons. The van der Waals surface area contributed by atoms with E-state index in [4.69, 9.17) is 9.47 Å². The maximum Gasteiger partial charge on any atom is 0.275 e. The molecule has 0 radical (unpaired) electrons. The largest absolute Gasteiger partial charge is 0.496 e. The SMILES string of the molecule is COc1ccc([N+](=O)[O-])cc1C(=O)N/N=C\c1cc(C)n(-c2ccc([N+](=O)[O-])cc2OC)c1C. The van der Waals surface area contributed by atoms with Crippen molar-refractivity contribution in [2.45, 2.75) is 13.8 Å². The smallest absolute Gasteiger partial charge is 0.275 e. The summed E-state index contributed by atoms with van der Waals surface area (Å²) in [5.41, 5.74) is 4.79. The molecule has 0 aliphatic heterocycles. The maximum absolute atomic E-state index is 12.5. The maximum atomic E-state index is 12.5. The highest BCUT2D eigenvalue weighted by Gasteiger charge is 2.18. The molecule has 0 aliphatic carbocycles. The molecule has 1 heterocycles. The second-order valence-corrected chi connectivity index (χ2v) is 7.12. The number of hydrogen-bond acceptors (Lipinski definition) is 8. The van der Waals surface area contributed by atoms with E-state index in [1.165, 1.54) is 44.7 Å². The normalized spacial score (nSPS) is 10.8. The van der Waals surface area contributed by atoms with Crippen molar-refractivity contribution in [3.8, 4) is 17.2 Å². The molecule has 1 N–H and O–H groups in total. The molecule has 0 atom stereocenters. The van der Waals surface area contributed by atoms with Gasteiger partial charge in [-0.15, -0.1) is 0 Å². The number of hydrazone groups is 1. The molecule has 0 bridgehead atoms. The summed E-state index contributed by atoms with van der Waals surface area (Å²) in [5.74, 6) is -0.185. The first-order chi connectivity index (χ1) is 16.2. The number of amides is 1. The van der Waals surface area contributed by atoms with E-state index < -0.39 is 15.8 Å². The fraction of sp³-hybridized carbons (Fsp3) is 0.182. The van der Waals surface area contributed by atoms with E-state index in [-0.39, 0.29) is 22.7 Å². The summed E-state index contributed by atoms with van der Waals surface area (Å²) in [4.78, 5) is 33.5. The molecule has 2 aromatic carbocycles. The van der Waals surface area contributed by atoms with Crippen LogP contribution in [0.3, 0.4) is 0 Å². The van der Waals surface area contributed by atoms with Gasteiger partial charge in [-0.25, -0.2) is 5.43 Å². The van der Waals surface area contributed by atoms with E-state index in [0.717, 1.165) is 17.5 Å². The van der Waals surface area contributed by atoms with Crippen LogP contribution in [0.25, 0.3) is 5.69 Å². The molecule has 3 rings (SSSR count). The average Bonchev–Trinajstić information content (AvgIpc) is 3.10. The summed E-state index contributed by atoms with van der Waals surface area (Å²) in [5, 5.41) is 26.1. The van der Waals surface area contributed by atoms with Gasteiger partial charge in [-0.2, -0.15) is 5.10 Å². The number of ether oxygens (including phenoxy) is 2. The Hall–Kier alpha value is -4.74. The van der Waals surface area contributed by atoms with Crippen molar-refractivity contribution >= 4 is 23.5 Å². The number of non-ortho nitro benzene ring substituents is 2. The van der Waals surface area contributed by atoms with Gasteiger partial charge >= 0.3 is 0 Å². The van der Waals surface area contributed by atoms with Crippen LogP contribution in [0.2, 0.25) is 0 Å². The fourth-order valence-electron chi connectivity index (χ4n) is 3.46. The number of nitrogens with one attached hydrogen (secondary N) is 1. The summed E-state index contributed by atoms with van der Waals surface area (Å²) >= 11 is 0. The second-order valence-electron chi connectivity index (χ2n) is 7.12. The van der Waals surface area contributed by atoms with Crippen LogP contribution >= 0.6 is 0 Å². The lowest BCUT2D eigenvalue weighted by Crippen LogP contribution is -2.18. The number of nitrogens with zero attached hydrogens (tertiary/aromatic N) is 4. The highest BCUT2D eigenvalue weighted by atomic mass is 16.6. The monoisotopic (exact) mass is 467 g/mol. The van der Waals surface area contributed by atoms with Gasteiger partial charge in [0.1, 0.15) is 11.5 Å². The Kier molecular flexibility index (Phi) is 6.90. The first kappa shape index (κ1) is 23.9. The molecule has 0 saturated carbocycles. The quantitative estimate of drug-likeness (QED) is 0.301. The van der Waals surface area contributed by atoms with E-state index in [0.29, 0.717) is 17.0 Å². The number of nitro groups is 2. The Morgan fingerprint density at radius 2 is 1.59 bits per heavy atom. The predicted molar refractivity (Wildman–Crippen MR) is 123 cm³/mol. The number of rotatable bonds is 8. The summed E-state index contributed by atoms with van der Waals surface area (Å²) in [6.07, 6.45) is 1.43. The zero-order chi connectivity index (χ0) is 25.0. The third-order valence-electron chi connectivity index (χ3n) is 5.09. The number of benzene rings is 2. The fourth-order valence-corrected chi connectivity index (χ4v) is 3.46. The Labute approximate surface area is 193 Å². The third kappa shape index (κ3) is 4.70. The topological polar surface area (TPSA) is 151 Å². The van der Waals surface area contributed by atoms with E-state index in [2.05, 4.69) is 10.5 Å². The average molecular weight is 467 g/mol. The first-order valence-electron chi connectivity index (χ1n) is 9.85. The van der Waals surface area contributed by atoms with Crippen LogP contribution in [-0.2, 0) is 0 Å². The van der Waals surface area contributed by atoms with Gasteiger partial charge in [-0.3, -0.25) is 25.0 Å². The van der Waals surface area contributed by atoms with Crippen LogP contribution in [0.5, 0.6) is 11.5 Å². The third-order valence-corrected chi connectivity index (χ3v) is 5.09. The molecule has 1 amide bonds. The van der Waals surface area contributed by atoms with Gasteiger partial charge in [0.05, 0.1) is 47.6 Å². The lowest BCUT2D eigenvalue weighted by Gasteiger charge is -2.13. The van der Waals surface area contributed by atoms with Crippen molar-refractivity contribution in [1.82, 2.24) is 9.99 Å². The van der Waals surface area contributed by atoms with Crippen molar-refractivity contribution in [3.05, 3.63) is 85.2 Å². The molecule has 1 aromatic heterocycles. The summed E-state index contributed by atoms with van der Waals surface area (Å²) in [6, 6.07) is 9.82. The number of methoxy groups -OCH3 is 2. The molecule has 12 heteroatoms. The van der Waals surface area contributed by atoms with Crippen LogP contribution in [0, 0.1) is 34.1 Å². The van der Waals surface area contributed by atoms with Gasteiger partial charge in [0.15, 0.2) is 0 Å². The number of hydrogen-bond donors (Lipinski definition) is 1. The van der Waals surface area contributed by atoms with Gasteiger partial charge < -0.3 is 14.0 Å². The van der Waals surface area contributed by atoms with Crippen LogP contribution in [0.15, 0.2) is 47.6 Å². The van der Waals surface area contributed by atoms with Crippen molar-refractivity contribution in [1.29, 1.82) is 0 Å². The molecular formula is C22H21N5O7. The standard InChI is InChI=1S/C22H21N5O7/c1-13-9-15(14(2)25(13)19-7-5-17(27(31)32)11-21(19)34-4)12-23-24-22(28)18-10-16(26(29)30)6-8-20(18)33-3/h5-12H,1-4H3,(H,24,28)/b23-12-. The molecule has 0 spiro atoms. The van der Waals surface area contributed by atoms with E-state index in [1.807, 2.05) is 24.5 Å². The van der Waals surface area contributed by atoms with Crippen LogP contribution in [0.1, 0.15) is 27.3 Å². The predicted octanol–water partition coefficient (Wildman–Crippen LogP) is 3.69. The minimum atomic E-state index is -0.678. The van der Waals surface area contributed by atoms with Crippen molar-refractivity contribution in [3.63, 3.8) is 0 Å². The number of carbonyl (C=O) groups is 1.